The maximum absolute atomic E-state index is 4.88. The van der Waals surface area contributed by atoms with Crippen molar-refractivity contribution in [3.8, 4) is 11.1 Å². The number of nitrogens with zero attached hydrogens (tertiary/aromatic N) is 1. The number of hydrogen-bond acceptors (Lipinski definition) is 1. The lowest BCUT2D eigenvalue weighted by atomic mass is 9.80. The third-order valence-electron chi connectivity index (χ3n) is 6.92. The second-order valence-corrected chi connectivity index (χ2v) is 8.86. The number of benzene rings is 2. The van der Waals surface area contributed by atoms with Crippen LogP contribution in [-0.4, -0.2) is 11.8 Å². The molecule has 2 aromatic rings. The van der Waals surface area contributed by atoms with Crippen LogP contribution >= 0.6 is 0 Å². The Morgan fingerprint density at radius 2 is 1.62 bits per heavy atom. The third kappa shape index (κ3) is 3.67. The summed E-state index contributed by atoms with van der Waals surface area (Å²) in [5.41, 5.74) is 8.64. The maximum atomic E-state index is 4.88. The molecule has 2 aliphatic rings. The fourth-order valence-corrected chi connectivity index (χ4v) is 4.90. The second-order valence-electron chi connectivity index (χ2n) is 8.86. The first-order valence-electron chi connectivity index (χ1n) is 10.7. The van der Waals surface area contributed by atoms with Crippen molar-refractivity contribution in [1.29, 1.82) is 0 Å². The minimum atomic E-state index is 0.0433. The molecule has 2 aliphatic carbocycles. The molecule has 0 aromatic heterocycles. The van der Waals surface area contributed by atoms with Crippen LogP contribution in [0.25, 0.3) is 16.7 Å². The van der Waals surface area contributed by atoms with Crippen LogP contribution in [0.5, 0.6) is 0 Å². The highest BCUT2D eigenvalue weighted by molar-refractivity contribution is 5.76. The molecule has 0 amide bonds. The molecule has 148 valence electrons. The predicted octanol–water partition coefficient (Wildman–Crippen LogP) is 7.66. The van der Waals surface area contributed by atoms with Crippen LogP contribution in [-0.2, 0) is 0 Å². The highest BCUT2D eigenvalue weighted by atomic mass is 15.0. The van der Waals surface area contributed by atoms with Gasteiger partial charge in [0, 0.05) is 11.6 Å². The molecule has 0 N–H and O–H groups in total. The summed E-state index contributed by atoms with van der Waals surface area (Å²) >= 11 is 0. The summed E-state index contributed by atoms with van der Waals surface area (Å²) in [6.07, 6.45) is 11.9. The molecule has 1 saturated carbocycles. The van der Waals surface area contributed by atoms with Crippen LogP contribution in [0.2, 0.25) is 0 Å². The van der Waals surface area contributed by atoms with E-state index in [1.165, 1.54) is 27.8 Å². The molecule has 0 bridgehead atoms. The van der Waals surface area contributed by atoms with Crippen molar-refractivity contribution in [3.63, 3.8) is 0 Å². The minimum Gasteiger partial charge on any atom is -0.286 e. The van der Waals surface area contributed by atoms with E-state index in [9.17, 15) is 0 Å². The summed E-state index contributed by atoms with van der Waals surface area (Å²) in [7, 11) is 0. The first kappa shape index (κ1) is 19.6. The molecule has 29 heavy (non-hydrogen) atoms. The van der Waals surface area contributed by atoms with Gasteiger partial charge in [0.25, 0.3) is 0 Å². The lowest BCUT2D eigenvalue weighted by molar-refractivity contribution is 0.531. The zero-order valence-electron chi connectivity index (χ0n) is 18.1. The van der Waals surface area contributed by atoms with Gasteiger partial charge in [-0.2, -0.15) is 0 Å². The van der Waals surface area contributed by atoms with Crippen molar-refractivity contribution in [2.45, 2.75) is 52.5 Å². The van der Waals surface area contributed by atoms with E-state index in [0.717, 1.165) is 19.3 Å². The molecule has 0 spiro atoms. The largest absolute Gasteiger partial charge is 0.286 e. The molecule has 2 atom stereocenters. The van der Waals surface area contributed by atoms with E-state index in [-0.39, 0.29) is 11.0 Å². The first-order valence-corrected chi connectivity index (χ1v) is 10.7. The van der Waals surface area contributed by atoms with Crippen molar-refractivity contribution in [3.05, 3.63) is 89.5 Å². The molecular formula is C28H31N. The van der Waals surface area contributed by atoms with Gasteiger partial charge in [-0.05, 0) is 74.4 Å². The summed E-state index contributed by atoms with van der Waals surface area (Å²) in [5.74, 6) is 0. The maximum Gasteiger partial charge on any atom is 0.0680 e. The molecule has 1 fully saturated rings. The van der Waals surface area contributed by atoms with Gasteiger partial charge in [0.2, 0.25) is 0 Å². The van der Waals surface area contributed by atoms with Gasteiger partial charge in [-0.3, -0.25) is 4.99 Å². The summed E-state index contributed by atoms with van der Waals surface area (Å²) in [5, 5.41) is 0. The summed E-state index contributed by atoms with van der Waals surface area (Å²) in [4.78, 5) is 4.88. The van der Waals surface area contributed by atoms with Gasteiger partial charge in [-0.15, -0.1) is 0 Å². The monoisotopic (exact) mass is 381 g/mol. The van der Waals surface area contributed by atoms with Gasteiger partial charge in [0.05, 0.1) is 5.54 Å². The molecule has 2 aromatic carbocycles. The highest BCUT2D eigenvalue weighted by Gasteiger charge is 2.63. The van der Waals surface area contributed by atoms with Gasteiger partial charge in [-0.25, -0.2) is 0 Å². The van der Waals surface area contributed by atoms with E-state index in [1.54, 1.807) is 5.57 Å². The zero-order valence-corrected chi connectivity index (χ0v) is 18.1. The fraction of sp³-hybridized carbons (Fsp3) is 0.321. The van der Waals surface area contributed by atoms with Crippen molar-refractivity contribution in [1.82, 2.24) is 0 Å². The normalized spacial score (nSPS) is 27.0. The minimum absolute atomic E-state index is 0.0433. The van der Waals surface area contributed by atoms with Crippen LogP contribution in [0.1, 0.15) is 52.5 Å². The number of allylic oxidation sites excluding steroid dienone is 5. The number of hydrogen-bond donors (Lipinski definition) is 0. The molecule has 0 heterocycles. The molecule has 4 rings (SSSR count). The molecule has 0 radical (unpaired) electrons. The Bertz CT molecular complexity index is 1020. The van der Waals surface area contributed by atoms with Crippen molar-refractivity contribution >= 4 is 11.8 Å². The van der Waals surface area contributed by atoms with Gasteiger partial charge >= 0.3 is 0 Å². The Morgan fingerprint density at radius 1 is 0.897 bits per heavy atom. The second kappa shape index (κ2) is 7.63. The Kier molecular flexibility index (Phi) is 5.17. The first-order chi connectivity index (χ1) is 14.0. The summed E-state index contributed by atoms with van der Waals surface area (Å²) in [6, 6.07) is 19.6. The Hall–Kier alpha value is -2.67. The zero-order chi connectivity index (χ0) is 20.5. The molecule has 1 nitrogen and oxygen atoms in total. The van der Waals surface area contributed by atoms with Crippen LogP contribution in [0, 0.1) is 5.41 Å². The standard InChI is InChI=1S/C28H31N/c1-5-6-17-29-28(4)20-27(28,3)26-16-15-25(18-21(26)2)24-14-10-13-23(19-24)22-11-8-7-9-12-22/h5-14,17-19H,15-16,20H2,1-4H3/b6-5-,29-17?. The molecule has 0 aliphatic heterocycles. The lowest BCUT2D eigenvalue weighted by Gasteiger charge is -2.26. The lowest BCUT2D eigenvalue weighted by Crippen LogP contribution is -2.17. The van der Waals surface area contributed by atoms with E-state index in [0.29, 0.717) is 0 Å². The van der Waals surface area contributed by atoms with Crippen LogP contribution in [0.4, 0.5) is 0 Å². The van der Waals surface area contributed by atoms with Gasteiger partial charge in [-0.1, -0.05) is 78.8 Å². The van der Waals surface area contributed by atoms with Crippen LogP contribution < -0.4 is 0 Å². The van der Waals surface area contributed by atoms with E-state index >= 15 is 0 Å². The predicted molar refractivity (Wildman–Crippen MR) is 126 cm³/mol. The molecule has 1 heteroatoms. The number of aliphatic imine (C=N–C) groups is 1. The van der Waals surface area contributed by atoms with E-state index in [1.807, 2.05) is 25.3 Å². The van der Waals surface area contributed by atoms with Crippen LogP contribution in [0.3, 0.4) is 0 Å². The van der Waals surface area contributed by atoms with E-state index in [4.69, 9.17) is 4.99 Å². The average Bonchev–Trinajstić information content (AvgIpc) is 3.30. The molecule has 0 saturated heterocycles. The fourth-order valence-electron chi connectivity index (χ4n) is 4.90. The molecular weight excluding hydrogens is 350 g/mol. The third-order valence-corrected chi connectivity index (χ3v) is 6.92. The van der Waals surface area contributed by atoms with Crippen molar-refractivity contribution in [2.75, 3.05) is 0 Å². The SMILES string of the molecule is C/C=C\C=NC1(C)CC1(C)C1=C(C)C=C(c2cccc(-c3ccccc3)c2)CC1. The Morgan fingerprint density at radius 3 is 2.34 bits per heavy atom. The summed E-state index contributed by atoms with van der Waals surface area (Å²) < 4.78 is 0. The Balaban J connectivity index is 1.61. The smallest absolute Gasteiger partial charge is 0.0680 e. The van der Waals surface area contributed by atoms with Gasteiger partial charge in [0.1, 0.15) is 0 Å². The van der Waals surface area contributed by atoms with Crippen molar-refractivity contribution < 1.29 is 0 Å². The van der Waals surface area contributed by atoms with Gasteiger partial charge in [0.15, 0.2) is 0 Å². The van der Waals surface area contributed by atoms with E-state index in [2.05, 4.69) is 81.4 Å². The van der Waals surface area contributed by atoms with Crippen LogP contribution in [0.15, 0.2) is 89.0 Å². The number of rotatable bonds is 5. The topological polar surface area (TPSA) is 12.4 Å². The Labute approximate surface area is 175 Å². The summed E-state index contributed by atoms with van der Waals surface area (Å²) in [6.45, 7) is 9.02. The highest BCUT2D eigenvalue weighted by Crippen LogP contribution is 2.65. The van der Waals surface area contributed by atoms with E-state index < -0.39 is 0 Å². The van der Waals surface area contributed by atoms with Crippen molar-refractivity contribution in [2.24, 2.45) is 10.4 Å². The quantitative estimate of drug-likeness (QED) is 0.471. The molecule has 2 unspecified atom stereocenters. The van der Waals surface area contributed by atoms with Gasteiger partial charge < -0.3 is 0 Å². The average molecular weight is 382 g/mol.